The molecule has 0 amide bonds. The van der Waals surface area contributed by atoms with Crippen molar-refractivity contribution in [2.75, 3.05) is 0 Å². The molecule has 2 heteroatoms. The minimum Gasteiger partial charge on any atom is -0.361 e. The number of halogens is 1. The highest BCUT2D eigenvalue weighted by Gasteiger charge is 2.06. The van der Waals surface area contributed by atoms with Crippen LogP contribution in [0.2, 0.25) is 0 Å². The third-order valence-corrected chi connectivity index (χ3v) is 2.31. The summed E-state index contributed by atoms with van der Waals surface area (Å²) in [5.74, 6) is 0.227. The Morgan fingerprint density at radius 1 is 1.31 bits per heavy atom. The molecule has 1 N–H and O–H groups in total. The van der Waals surface area contributed by atoms with Crippen LogP contribution in [0.1, 0.15) is 25.3 Å². The number of hydrogen-bond donors (Lipinski definition) is 1. The van der Waals surface area contributed by atoms with E-state index in [0.29, 0.717) is 11.3 Å². The Bertz CT molecular complexity index is 429. The van der Waals surface area contributed by atoms with E-state index in [1.165, 1.54) is 0 Å². The molecular formula is C11H12FN. The number of nitrogens with one attached hydrogen (secondary N) is 1. The van der Waals surface area contributed by atoms with E-state index in [2.05, 4.69) is 18.8 Å². The van der Waals surface area contributed by atoms with Crippen molar-refractivity contribution >= 4 is 10.9 Å². The Morgan fingerprint density at radius 2 is 2.08 bits per heavy atom. The molecule has 68 valence electrons. The number of aromatic amines is 1. The molecule has 0 radical (unpaired) electrons. The zero-order valence-electron chi connectivity index (χ0n) is 7.76. The lowest BCUT2D eigenvalue weighted by Crippen LogP contribution is -1.89. The first-order chi connectivity index (χ1) is 6.18. The summed E-state index contributed by atoms with van der Waals surface area (Å²) in [6, 6.07) is 5.37. The maximum Gasteiger partial charge on any atom is 0.132 e. The van der Waals surface area contributed by atoms with Crippen molar-refractivity contribution < 1.29 is 4.39 Å². The molecule has 0 aliphatic carbocycles. The van der Waals surface area contributed by atoms with Crippen molar-refractivity contribution in [1.29, 1.82) is 0 Å². The van der Waals surface area contributed by atoms with Crippen molar-refractivity contribution in [1.82, 2.24) is 4.98 Å². The van der Waals surface area contributed by atoms with Crippen LogP contribution < -0.4 is 0 Å². The van der Waals surface area contributed by atoms with Crippen molar-refractivity contribution in [3.63, 3.8) is 0 Å². The highest BCUT2D eigenvalue weighted by molar-refractivity contribution is 5.80. The van der Waals surface area contributed by atoms with Crippen LogP contribution in [0.3, 0.4) is 0 Å². The Hall–Kier alpha value is -1.31. The summed E-state index contributed by atoms with van der Waals surface area (Å²) in [6.07, 6.45) is 1.76. The van der Waals surface area contributed by atoms with E-state index in [-0.39, 0.29) is 5.82 Å². The second kappa shape index (κ2) is 2.87. The van der Waals surface area contributed by atoms with Gasteiger partial charge in [0.1, 0.15) is 5.82 Å². The van der Waals surface area contributed by atoms with Gasteiger partial charge in [-0.25, -0.2) is 4.39 Å². The van der Waals surface area contributed by atoms with E-state index in [9.17, 15) is 4.39 Å². The first kappa shape index (κ1) is 8.30. The third kappa shape index (κ3) is 1.32. The average molecular weight is 177 g/mol. The third-order valence-electron chi connectivity index (χ3n) is 2.31. The van der Waals surface area contributed by atoms with Crippen LogP contribution >= 0.6 is 0 Å². The molecule has 0 spiro atoms. The monoisotopic (exact) mass is 177 g/mol. The average Bonchev–Trinajstić information content (AvgIpc) is 2.51. The Kier molecular flexibility index (Phi) is 1.83. The van der Waals surface area contributed by atoms with Gasteiger partial charge in [0.05, 0.1) is 0 Å². The first-order valence-corrected chi connectivity index (χ1v) is 4.45. The van der Waals surface area contributed by atoms with Crippen LogP contribution in [0.4, 0.5) is 4.39 Å². The molecule has 1 aromatic carbocycles. The maximum atomic E-state index is 13.4. The number of rotatable bonds is 1. The minimum atomic E-state index is -0.137. The van der Waals surface area contributed by atoms with E-state index in [4.69, 9.17) is 0 Å². The molecule has 0 bridgehead atoms. The van der Waals surface area contributed by atoms with Crippen molar-refractivity contribution in [3.8, 4) is 0 Å². The van der Waals surface area contributed by atoms with Crippen LogP contribution in [-0.4, -0.2) is 4.98 Å². The second-order valence-electron chi connectivity index (χ2n) is 3.60. The molecule has 0 fully saturated rings. The second-order valence-corrected chi connectivity index (χ2v) is 3.60. The van der Waals surface area contributed by atoms with Crippen LogP contribution in [0.5, 0.6) is 0 Å². The molecule has 0 saturated carbocycles. The maximum absolute atomic E-state index is 13.4. The van der Waals surface area contributed by atoms with Crippen LogP contribution in [0, 0.1) is 5.82 Å². The lowest BCUT2D eigenvalue weighted by molar-refractivity contribution is 0.635. The standard InChI is InChI=1S/C11H12FN/c1-7(2)8-5-10(12)9-3-4-13-11(9)6-8/h3-7,13H,1-2H3. The number of benzene rings is 1. The Labute approximate surface area is 76.6 Å². The lowest BCUT2D eigenvalue weighted by atomic mass is 10.0. The number of fused-ring (bicyclic) bond motifs is 1. The zero-order chi connectivity index (χ0) is 9.42. The van der Waals surface area contributed by atoms with Gasteiger partial charge in [0.2, 0.25) is 0 Å². The van der Waals surface area contributed by atoms with Gasteiger partial charge in [0, 0.05) is 17.1 Å². The fourth-order valence-electron chi connectivity index (χ4n) is 1.48. The molecule has 1 heterocycles. The van der Waals surface area contributed by atoms with Gasteiger partial charge in [0.25, 0.3) is 0 Å². The molecule has 0 aliphatic heterocycles. The van der Waals surface area contributed by atoms with Gasteiger partial charge >= 0.3 is 0 Å². The van der Waals surface area contributed by atoms with Gasteiger partial charge in [-0.15, -0.1) is 0 Å². The SMILES string of the molecule is CC(C)c1cc(F)c2cc[nH]c2c1. The fourth-order valence-corrected chi connectivity index (χ4v) is 1.48. The molecule has 0 unspecified atom stereocenters. The lowest BCUT2D eigenvalue weighted by Gasteiger charge is -2.05. The summed E-state index contributed by atoms with van der Waals surface area (Å²) in [5, 5.41) is 0.671. The molecule has 13 heavy (non-hydrogen) atoms. The molecular weight excluding hydrogens is 165 g/mol. The predicted molar refractivity (Wildman–Crippen MR) is 52.3 cm³/mol. The smallest absolute Gasteiger partial charge is 0.132 e. The predicted octanol–water partition coefficient (Wildman–Crippen LogP) is 3.43. The van der Waals surface area contributed by atoms with Gasteiger partial charge < -0.3 is 4.98 Å². The Morgan fingerprint density at radius 3 is 2.77 bits per heavy atom. The van der Waals surface area contributed by atoms with Gasteiger partial charge in [0.15, 0.2) is 0 Å². The van der Waals surface area contributed by atoms with Crippen LogP contribution in [0.25, 0.3) is 10.9 Å². The first-order valence-electron chi connectivity index (χ1n) is 4.45. The van der Waals surface area contributed by atoms with E-state index in [1.54, 1.807) is 18.3 Å². The summed E-state index contributed by atoms with van der Waals surface area (Å²) in [4.78, 5) is 3.02. The van der Waals surface area contributed by atoms with Gasteiger partial charge in [-0.1, -0.05) is 13.8 Å². The number of hydrogen-bond acceptors (Lipinski definition) is 0. The topological polar surface area (TPSA) is 15.8 Å². The summed E-state index contributed by atoms with van der Waals surface area (Å²) < 4.78 is 13.4. The van der Waals surface area contributed by atoms with E-state index >= 15 is 0 Å². The number of aromatic nitrogens is 1. The Balaban J connectivity index is 2.70. The fraction of sp³-hybridized carbons (Fsp3) is 0.273. The molecule has 1 aromatic heterocycles. The highest BCUT2D eigenvalue weighted by atomic mass is 19.1. The van der Waals surface area contributed by atoms with Crippen molar-refractivity contribution in [3.05, 3.63) is 35.8 Å². The van der Waals surface area contributed by atoms with E-state index in [0.717, 1.165) is 11.1 Å². The van der Waals surface area contributed by atoms with E-state index < -0.39 is 0 Å². The summed E-state index contributed by atoms with van der Waals surface area (Å²) in [5.41, 5.74) is 1.91. The summed E-state index contributed by atoms with van der Waals surface area (Å²) >= 11 is 0. The molecule has 0 aliphatic rings. The van der Waals surface area contributed by atoms with Gasteiger partial charge in [-0.3, -0.25) is 0 Å². The largest absolute Gasteiger partial charge is 0.361 e. The minimum absolute atomic E-state index is 0.137. The quantitative estimate of drug-likeness (QED) is 0.686. The van der Waals surface area contributed by atoms with Crippen molar-refractivity contribution in [2.45, 2.75) is 19.8 Å². The van der Waals surface area contributed by atoms with Crippen LogP contribution in [-0.2, 0) is 0 Å². The number of H-pyrrole nitrogens is 1. The molecule has 0 saturated heterocycles. The summed E-state index contributed by atoms with van der Waals surface area (Å²) in [6.45, 7) is 4.12. The van der Waals surface area contributed by atoms with E-state index in [1.807, 2.05) is 6.07 Å². The molecule has 1 nitrogen and oxygen atoms in total. The van der Waals surface area contributed by atoms with Gasteiger partial charge in [-0.2, -0.15) is 0 Å². The molecule has 2 rings (SSSR count). The molecule has 0 atom stereocenters. The molecule has 2 aromatic rings. The normalized spacial score (nSPS) is 11.4. The van der Waals surface area contributed by atoms with Crippen molar-refractivity contribution in [2.24, 2.45) is 0 Å². The highest BCUT2D eigenvalue weighted by Crippen LogP contribution is 2.23. The zero-order valence-corrected chi connectivity index (χ0v) is 7.76. The van der Waals surface area contributed by atoms with Crippen LogP contribution in [0.15, 0.2) is 24.4 Å². The van der Waals surface area contributed by atoms with Gasteiger partial charge in [-0.05, 0) is 29.7 Å². The summed E-state index contributed by atoms with van der Waals surface area (Å²) in [7, 11) is 0.